The molecule has 1 atom stereocenters. The Bertz CT molecular complexity index is 942. The van der Waals surface area contributed by atoms with Gasteiger partial charge in [-0.15, -0.1) is 0 Å². The van der Waals surface area contributed by atoms with Crippen LogP contribution in [-0.2, 0) is 17.6 Å². The molecule has 30 heavy (non-hydrogen) atoms. The molecule has 154 valence electrons. The standard InChI is InChI=1S/C24H26N4OS/c1-17-14-18(2)26-24(25-17)30-19(3)23(29)28-27-22(15-20-10-6-4-7-11-20)16-21-12-8-5-9-13-21/h4-14,19H,15-16H2,1-3H3,(H,28,29). The minimum atomic E-state index is -0.357. The molecule has 0 aliphatic carbocycles. The molecule has 5 nitrogen and oxygen atoms in total. The number of hydrazone groups is 1. The first-order chi connectivity index (χ1) is 14.5. The number of benzene rings is 2. The molecule has 0 fully saturated rings. The summed E-state index contributed by atoms with van der Waals surface area (Å²) >= 11 is 1.34. The summed E-state index contributed by atoms with van der Waals surface area (Å²) in [5, 5.41) is 4.72. The Hall–Kier alpha value is -2.99. The largest absolute Gasteiger partial charge is 0.272 e. The zero-order valence-electron chi connectivity index (χ0n) is 17.5. The van der Waals surface area contributed by atoms with Gasteiger partial charge in [0.25, 0.3) is 5.91 Å². The van der Waals surface area contributed by atoms with E-state index in [9.17, 15) is 4.79 Å². The third kappa shape index (κ3) is 6.81. The summed E-state index contributed by atoms with van der Waals surface area (Å²) in [6.45, 7) is 5.69. The van der Waals surface area contributed by atoms with Gasteiger partial charge in [0.2, 0.25) is 0 Å². The third-order valence-electron chi connectivity index (χ3n) is 4.44. The zero-order chi connectivity index (χ0) is 21.3. The minimum absolute atomic E-state index is 0.165. The number of thioether (sulfide) groups is 1. The minimum Gasteiger partial charge on any atom is -0.272 e. The maximum atomic E-state index is 12.6. The van der Waals surface area contributed by atoms with Crippen LogP contribution in [0.25, 0.3) is 0 Å². The molecule has 0 saturated heterocycles. The Morgan fingerprint density at radius 2 is 1.43 bits per heavy atom. The van der Waals surface area contributed by atoms with Crippen molar-refractivity contribution < 1.29 is 4.79 Å². The highest BCUT2D eigenvalue weighted by atomic mass is 32.2. The molecule has 1 unspecified atom stereocenters. The van der Waals surface area contributed by atoms with Crippen molar-refractivity contribution in [3.63, 3.8) is 0 Å². The van der Waals surface area contributed by atoms with Gasteiger partial charge in [-0.1, -0.05) is 72.4 Å². The van der Waals surface area contributed by atoms with E-state index in [1.807, 2.05) is 63.2 Å². The number of nitrogens with zero attached hydrogens (tertiary/aromatic N) is 3. The Morgan fingerprint density at radius 3 is 1.93 bits per heavy atom. The van der Waals surface area contributed by atoms with Crippen LogP contribution in [0.2, 0.25) is 0 Å². The number of hydrogen-bond acceptors (Lipinski definition) is 5. The summed E-state index contributed by atoms with van der Waals surface area (Å²) in [5.41, 5.74) is 7.75. The van der Waals surface area contributed by atoms with Crippen LogP contribution in [0.5, 0.6) is 0 Å². The molecular formula is C24H26N4OS. The molecule has 0 radical (unpaired) electrons. The highest BCUT2D eigenvalue weighted by Crippen LogP contribution is 2.20. The Balaban J connectivity index is 1.69. The summed E-state index contributed by atoms with van der Waals surface area (Å²) < 4.78 is 0. The van der Waals surface area contributed by atoms with Crippen LogP contribution in [-0.4, -0.2) is 26.8 Å². The Morgan fingerprint density at radius 1 is 0.933 bits per heavy atom. The maximum Gasteiger partial charge on any atom is 0.253 e. The van der Waals surface area contributed by atoms with Crippen molar-refractivity contribution in [2.24, 2.45) is 5.10 Å². The van der Waals surface area contributed by atoms with Crippen LogP contribution in [0.4, 0.5) is 0 Å². The van der Waals surface area contributed by atoms with E-state index in [0.717, 1.165) is 28.2 Å². The van der Waals surface area contributed by atoms with Gasteiger partial charge in [-0.2, -0.15) is 5.10 Å². The smallest absolute Gasteiger partial charge is 0.253 e. The van der Waals surface area contributed by atoms with Crippen LogP contribution in [0.3, 0.4) is 0 Å². The average Bonchev–Trinajstić information content (AvgIpc) is 2.72. The fourth-order valence-corrected chi connectivity index (χ4v) is 3.86. The van der Waals surface area contributed by atoms with E-state index in [4.69, 9.17) is 0 Å². The number of nitrogens with one attached hydrogen (secondary N) is 1. The Kier molecular flexibility index (Phi) is 7.74. The van der Waals surface area contributed by atoms with Gasteiger partial charge in [-0.3, -0.25) is 4.79 Å². The number of aryl methyl sites for hydroxylation is 2. The van der Waals surface area contributed by atoms with E-state index in [1.54, 1.807) is 0 Å². The number of hydrogen-bond donors (Lipinski definition) is 1. The predicted molar refractivity (Wildman–Crippen MR) is 123 cm³/mol. The van der Waals surface area contributed by atoms with E-state index >= 15 is 0 Å². The van der Waals surface area contributed by atoms with Crippen LogP contribution in [0, 0.1) is 13.8 Å². The van der Waals surface area contributed by atoms with Gasteiger partial charge in [-0.25, -0.2) is 15.4 Å². The molecule has 3 rings (SSSR count). The second kappa shape index (κ2) is 10.7. The number of carbonyl (C=O) groups excluding carboxylic acids is 1. The molecule has 1 aromatic heterocycles. The topological polar surface area (TPSA) is 67.2 Å². The maximum absolute atomic E-state index is 12.6. The van der Waals surface area contributed by atoms with E-state index in [0.29, 0.717) is 18.0 Å². The summed E-state index contributed by atoms with van der Waals surface area (Å²) in [4.78, 5) is 21.4. The van der Waals surface area contributed by atoms with Crippen LogP contribution < -0.4 is 5.43 Å². The first kappa shape index (κ1) is 21.7. The number of aromatic nitrogens is 2. The number of carbonyl (C=O) groups is 1. The van der Waals surface area contributed by atoms with Crippen molar-refractivity contribution in [1.82, 2.24) is 15.4 Å². The summed E-state index contributed by atoms with van der Waals surface area (Å²) in [5.74, 6) is -0.165. The molecule has 0 bridgehead atoms. The highest BCUT2D eigenvalue weighted by Gasteiger charge is 2.16. The van der Waals surface area contributed by atoms with E-state index in [-0.39, 0.29) is 11.2 Å². The molecule has 0 aliphatic heterocycles. The predicted octanol–water partition coefficient (Wildman–Crippen LogP) is 4.53. The second-order valence-electron chi connectivity index (χ2n) is 7.17. The molecule has 6 heteroatoms. The van der Waals surface area contributed by atoms with Gasteiger partial charge in [-0.05, 0) is 38.0 Å². The van der Waals surface area contributed by atoms with Crippen molar-refractivity contribution in [1.29, 1.82) is 0 Å². The lowest BCUT2D eigenvalue weighted by atomic mass is 10.0. The van der Waals surface area contributed by atoms with Gasteiger partial charge in [0, 0.05) is 29.9 Å². The molecule has 2 aromatic carbocycles. The fraction of sp³-hybridized carbons (Fsp3) is 0.250. The van der Waals surface area contributed by atoms with E-state index in [2.05, 4.69) is 44.8 Å². The SMILES string of the molecule is Cc1cc(C)nc(SC(C)C(=O)NN=C(Cc2ccccc2)Cc2ccccc2)n1. The fourth-order valence-electron chi connectivity index (χ4n) is 2.99. The van der Waals surface area contributed by atoms with Crippen LogP contribution in [0.15, 0.2) is 77.0 Å². The summed E-state index contributed by atoms with van der Waals surface area (Å²) in [6.07, 6.45) is 1.36. The second-order valence-corrected chi connectivity index (χ2v) is 8.48. The number of rotatable bonds is 8. The van der Waals surface area contributed by atoms with Gasteiger partial charge >= 0.3 is 0 Å². The van der Waals surface area contributed by atoms with Gasteiger partial charge in [0.1, 0.15) is 0 Å². The molecule has 0 saturated carbocycles. The van der Waals surface area contributed by atoms with Crippen LogP contribution in [0.1, 0.15) is 29.4 Å². The van der Waals surface area contributed by atoms with Crippen molar-refractivity contribution in [3.05, 3.63) is 89.2 Å². The lowest BCUT2D eigenvalue weighted by Crippen LogP contribution is -2.28. The monoisotopic (exact) mass is 418 g/mol. The van der Waals surface area contributed by atoms with Crippen LogP contribution >= 0.6 is 11.8 Å². The third-order valence-corrected chi connectivity index (χ3v) is 5.40. The van der Waals surface area contributed by atoms with E-state index in [1.165, 1.54) is 11.8 Å². The lowest BCUT2D eigenvalue weighted by molar-refractivity contribution is -0.120. The molecule has 0 aliphatic rings. The van der Waals surface area contributed by atoms with Crippen molar-refractivity contribution in [3.8, 4) is 0 Å². The zero-order valence-corrected chi connectivity index (χ0v) is 18.3. The Labute approximate surface area is 182 Å². The quantitative estimate of drug-likeness (QED) is 0.253. The normalized spacial score (nSPS) is 11.6. The van der Waals surface area contributed by atoms with E-state index < -0.39 is 0 Å². The van der Waals surface area contributed by atoms with Gasteiger partial charge < -0.3 is 0 Å². The van der Waals surface area contributed by atoms with Crippen molar-refractivity contribution in [2.75, 3.05) is 0 Å². The molecule has 0 spiro atoms. The molecule has 3 aromatic rings. The summed E-state index contributed by atoms with van der Waals surface area (Å²) in [7, 11) is 0. The molecule has 1 N–H and O–H groups in total. The highest BCUT2D eigenvalue weighted by molar-refractivity contribution is 8.00. The lowest BCUT2D eigenvalue weighted by Gasteiger charge is -2.11. The average molecular weight is 419 g/mol. The van der Waals surface area contributed by atoms with Gasteiger partial charge in [0.15, 0.2) is 5.16 Å². The summed E-state index contributed by atoms with van der Waals surface area (Å²) in [6, 6.07) is 22.2. The van der Waals surface area contributed by atoms with Gasteiger partial charge in [0.05, 0.1) is 5.25 Å². The molecule has 1 amide bonds. The first-order valence-corrected chi connectivity index (χ1v) is 10.8. The van der Waals surface area contributed by atoms with Crippen molar-refractivity contribution >= 4 is 23.4 Å². The first-order valence-electron chi connectivity index (χ1n) is 9.91. The molecular weight excluding hydrogens is 392 g/mol. The number of amides is 1. The molecule has 1 heterocycles. The van der Waals surface area contributed by atoms with Crippen molar-refractivity contribution in [2.45, 2.75) is 44.0 Å².